The van der Waals surface area contributed by atoms with E-state index < -0.39 is 5.60 Å². The first-order valence-corrected chi connectivity index (χ1v) is 9.89. The van der Waals surface area contributed by atoms with Crippen LogP contribution in [0, 0.1) is 6.92 Å². The van der Waals surface area contributed by atoms with Gasteiger partial charge in [0, 0.05) is 26.2 Å². The summed E-state index contributed by atoms with van der Waals surface area (Å²) in [6.07, 6.45) is 3.25. The van der Waals surface area contributed by atoms with Gasteiger partial charge in [0.05, 0.1) is 0 Å². The molecule has 3 rings (SSSR count). The van der Waals surface area contributed by atoms with Gasteiger partial charge in [-0.25, -0.2) is 0 Å². The summed E-state index contributed by atoms with van der Waals surface area (Å²) in [4.78, 5) is 14.7. The van der Waals surface area contributed by atoms with Crippen molar-refractivity contribution in [2.75, 3.05) is 19.6 Å². The van der Waals surface area contributed by atoms with E-state index in [1.165, 1.54) is 16.7 Å². The number of amides is 1. The van der Waals surface area contributed by atoms with Crippen LogP contribution in [0.1, 0.15) is 36.0 Å². The number of piperidine rings is 1. The second kappa shape index (κ2) is 9.16. The molecule has 0 spiro atoms. The highest BCUT2D eigenvalue weighted by Crippen LogP contribution is 2.23. The van der Waals surface area contributed by atoms with Gasteiger partial charge in [-0.3, -0.25) is 4.79 Å². The fraction of sp³-hybridized carbons (Fsp3) is 0.435. The van der Waals surface area contributed by atoms with E-state index in [4.69, 9.17) is 0 Å². The maximum atomic E-state index is 12.8. The van der Waals surface area contributed by atoms with Crippen molar-refractivity contribution in [2.45, 2.75) is 44.8 Å². The van der Waals surface area contributed by atoms with Gasteiger partial charge in [0.1, 0.15) is 0 Å². The summed E-state index contributed by atoms with van der Waals surface area (Å²) in [6.45, 7) is 4.47. The Bertz CT molecular complexity index is 747. The minimum atomic E-state index is -1.28. The van der Waals surface area contributed by atoms with E-state index in [1.54, 1.807) is 0 Å². The van der Waals surface area contributed by atoms with Crippen LogP contribution in [0.2, 0.25) is 0 Å². The summed E-state index contributed by atoms with van der Waals surface area (Å²) in [5.41, 5.74) is 2.39. The monoisotopic (exact) mass is 366 g/mol. The number of benzene rings is 2. The third kappa shape index (κ3) is 5.41. The molecule has 4 nitrogen and oxygen atoms in total. The van der Waals surface area contributed by atoms with Crippen molar-refractivity contribution in [3.05, 3.63) is 71.3 Å². The van der Waals surface area contributed by atoms with E-state index in [-0.39, 0.29) is 5.91 Å². The number of nitrogens with one attached hydrogen (secondary N) is 1. The third-order valence-corrected chi connectivity index (χ3v) is 5.27. The number of aliphatic hydroxyl groups is 1. The van der Waals surface area contributed by atoms with Crippen LogP contribution in [0.25, 0.3) is 0 Å². The lowest BCUT2D eigenvalue weighted by Crippen LogP contribution is -2.58. The average Bonchev–Trinajstić information content (AvgIpc) is 2.66. The van der Waals surface area contributed by atoms with Crippen LogP contribution in [0.5, 0.6) is 0 Å². The molecule has 1 heterocycles. The molecule has 1 aliphatic heterocycles. The number of hydrogen-bond donors (Lipinski definition) is 2. The molecule has 1 fully saturated rings. The molecule has 0 radical (unpaired) electrons. The van der Waals surface area contributed by atoms with Gasteiger partial charge in [-0.05, 0) is 43.7 Å². The largest absolute Gasteiger partial charge is 0.379 e. The molecule has 0 bridgehead atoms. The van der Waals surface area contributed by atoms with Crippen molar-refractivity contribution in [1.29, 1.82) is 0 Å². The Morgan fingerprint density at radius 1 is 1.11 bits per heavy atom. The number of hydrogen-bond acceptors (Lipinski definition) is 3. The summed E-state index contributed by atoms with van der Waals surface area (Å²) in [5.74, 6) is -0.126. The Balaban J connectivity index is 1.48. The van der Waals surface area contributed by atoms with E-state index in [2.05, 4.69) is 42.6 Å². The van der Waals surface area contributed by atoms with Gasteiger partial charge >= 0.3 is 0 Å². The predicted octanol–water partition coefficient (Wildman–Crippen LogP) is 3.07. The first-order valence-electron chi connectivity index (χ1n) is 9.89. The molecule has 2 N–H and O–H groups in total. The Morgan fingerprint density at radius 3 is 2.67 bits per heavy atom. The summed E-state index contributed by atoms with van der Waals surface area (Å²) in [6, 6.07) is 18.6. The number of aryl methyl sites for hydroxylation is 2. The SMILES string of the molecule is Cc1cccc(CNC[C@]2(O)CCCN(CCCc3ccccc3)C2=O)c1. The van der Waals surface area contributed by atoms with Crippen molar-refractivity contribution < 1.29 is 9.90 Å². The lowest BCUT2D eigenvalue weighted by Gasteiger charge is -2.38. The number of likely N-dealkylation sites (tertiary alicyclic amines) is 1. The fourth-order valence-corrected chi connectivity index (χ4v) is 3.80. The van der Waals surface area contributed by atoms with Gasteiger partial charge in [-0.1, -0.05) is 60.2 Å². The minimum absolute atomic E-state index is 0.126. The molecular formula is C23H30N2O2. The van der Waals surface area contributed by atoms with Crippen LogP contribution < -0.4 is 5.32 Å². The zero-order valence-corrected chi connectivity index (χ0v) is 16.2. The number of rotatable bonds is 8. The predicted molar refractivity (Wildman–Crippen MR) is 108 cm³/mol. The maximum Gasteiger partial charge on any atom is 0.255 e. The first-order chi connectivity index (χ1) is 13.1. The zero-order valence-electron chi connectivity index (χ0n) is 16.2. The molecule has 0 unspecified atom stereocenters. The molecule has 2 aromatic rings. The van der Waals surface area contributed by atoms with Gasteiger partial charge in [-0.15, -0.1) is 0 Å². The van der Waals surface area contributed by atoms with Crippen molar-refractivity contribution in [2.24, 2.45) is 0 Å². The molecule has 1 aliphatic rings. The molecule has 0 aromatic heterocycles. The molecule has 2 aromatic carbocycles. The lowest BCUT2D eigenvalue weighted by atomic mass is 9.91. The molecule has 1 saturated heterocycles. The van der Waals surface area contributed by atoms with Crippen LogP contribution >= 0.6 is 0 Å². The van der Waals surface area contributed by atoms with Gasteiger partial charge in [0.15, 0.2) is 5.60 Å². The normalized spacial score (nSPS) is 20.1. The topological polar surface area (TPSA) is 52.6 Å². The smallest absolute Gasteiger partial charge is 0.255 e. The van der Waals surface area contributed by atoms with E-state index in [0.29, 0.717) is 26.1 Å². The molecule has 0 saturated carbocycles. The second-order valence-corrected chi connectivity index (χ2v) is 7.61. The number of carbonyl (C=O) groups excluding carboxylic acids is 1. The molecular weight excluding hydrogens is 336 g/mol. The second-order valence-electron chi connectivity index (χ2n) is 7.61. The summed E-state index contributed by atoms with van der Waals surface area (Å²) in [7, 11) is 0. The fourth-order valence-electron chi connectivity index (χ4n) is 3.80. The quantitative estimate of drug-likeness (QED) is 0.755. The lowest BCUT2D eigenvalue weighted by molar-refractivity contribution is -0.156. The van der Waals surface area contributed by atoms with E-state index in [1.807, 2.05) is 29.2 Å². The van der Waals surface area contributed by atoms with E-state index in [9.17, 15) is 9.90 Å². The van der Waals surface area contributed by atoms with Crippen molar-refractivity contribution in [3.8, 4) is 0 Å². The third-order valence-electron chi connectivity index (χ3n) is 5.27. The van der Waals surface area contributed by atoms with Gasteiger partial charge in [-0.2, -0.15) is 0 Å². The molecule has 144 valence electrons. The van der Waals surface area contributed by atoms with Crippen molar-refractivity contribution in [3.63, 3.8) is 0 Å². The Kier molecular flexibility index (Phi) is 6.64. The van der Waals surface area contributed by atoms with Crippen LogP contribution in [0.3, 0.4) is 0 Å². The number of nitrogens with zero attached hydrogens (tertiary/aromatic N) is 1. The Hall–Kier alpha value is -2.17. The van der Waals surface area contributed by atoms with Gasteiger partial charge in [0.25, 0.3) is 5.91 Å². The number of carbonyl (C=O) groups is 1. The average molecular weight is 367 g/mol. The maximum absolute atomic E-state index is 12.8. The van der Waals surface area contributed by atoms with Gasteiger partial charge in [0.2, 0.25) is 0 Å². The van der Waals surface area contributed by atoms with Crippen LogP contribution in [-0.4, -0.2) is 41.1 Å². The van der Waals surface area contributed by atoms with Gasteiger partial charge < -0.3 is 15.3 Å². The Labute approximate surface area is 162 Å². The zero-order chi connectivity index (χ0) is 19.1. The van der Waals surface area contributed by atoms with Crippen LogP contribution in [-0.2, 0) is 17.8 Å². The highest BCUT2D eigenvalue weighted by atomic mass is 16.3. The molecule has 1 atom stereocenters. The first kappa shape index (κ1) is 19.6. The highest BCUT2D eigenvalue weighted by Gasteiger charge is 2.41. The van der Waals surface area contributed by atoms with E-state index >= 15 is 0 Å². The van der Waals surface area contributed by atoms with Crippen LogP contribution in [0.4, 0.5) is 0 Å². The van der Waals surface area contributed by atoms with E-state index in [0.717, 1.165) is 25.8 Å². The summed E-state index contributed by atoms with van der Waals surface area (Å²) in [5, 5.41) is 14.2. The molecule has 1 amide bonds. The van der Waals surface area contributed by atoms with Crippen LogP contribution in [0.15, 0.2) is 54.6 Å². The summed E-state index contributed by atoms with van der Waals surface area (Å²) < 4.78 is 0. The highest BCUT2D eigenvalue weighted by molar-refractivity contribution is 5.86. The summed E-state index contributed by atoms with van der Waals surface area (Å²) >= 11 is 0. The standard InChI is InChI=1S/C23H30N2O2/c1-19-8-5-11-21(16-19)17-24-18-23(27)13-7-15-25(22(23)26)14-6-12-20-9-3-2-4-10-20/h2-5,8-11,16,24,27H,6-7,12-15,17-18H2,1H3/t23-/m1/s1. The van der Waals surface area contributed by atoms with Crippen molar-refractivity contribution in [1.82, 2.24) is 10.2 Å². The molecule has 4 heteroatoms. The molecule has 27 heavy (non-hydrogen) atoms. The minimum Gasteiger partial charge on any atom is -0.379 e. The molecule has 0 aliphatic carbocycles. The Morgan fingerprint density at radius 2 is 1.89 bits per heavy atom. The van der Waals surface area contributed by atoms with Crippen molar-refractivity contribution >= 4 is 5.91 Å².